The summed E-state index contributed by atoms with van der Waals surface area (Å²) in [4.78, 5) is 6.25. The molecule has 2 nitrogen and oxygen atoms in total. The van der Waals surface area contributed by atoms with Crippen molar-refractivity contribution in [1.82, 2.24) is 4.98 Å². The molecule has 3 aliphatic rings. The molecule has 0 aliphatic heterocycles. The number of H-pyrrole nitrogens is 1. The second-order valence-electron chi connectivity index (χ2n) is 18.9. The summed E-state index contributed by atoms with van der Waals surface area (Å²) in [6.07, 6.45) is 0. The number of hydrogen-bond acceptors (Lipinski definition) is 1. The standard InChI is InChI=1S/C64H44N2/c1-63(2)53-21-10-6-19-48(53)50-38-52-51-37-43(31-36-59(51)65-60(52)39-58(50)63)42-29-34-45(35-30-42)66(44-32-27-41(28-33-44)40-15-4-3-5-16-40)61-26-14-25-57-62(61)49-20-9-13-24-56(49)64(57)54-22-11-7-17-46(54)47-18-8-12-23-55(47)64/h3-39,65H,1-2H3. The van der Waals surface area contributed by atoms with Crippen molar-refractivity contribution >= 4 is 38.9 Å². The molecule has 0 bridgehead atoms. The maximum Gasteiger partial charge on any atom is 0.0726 e. The number of fused-ring (bicyclic) bond motifs is 16. The monoisotopic (exact) mass is 840 g/mol. The van der Waals surface area contributed by atoms with Gasteiger partial charge in [-0.2, -0.15) is 0 Å². The molecule has 0 saturated heterocycles. The SMILES string of the molecule is CC1(C)c2ccccc2-c2cc3c(cc21)[nH]c1ccc(-c2ccc(N(c4ccc(-c5ccccc5)cc4)c4cccc5c4-c4ccccc4C54c5ccccc5-c5ccccc54)cc2)cc13. The second-order valence-corrected chi connectivity index (χ2v) is 18.9. The van der Waals surface area contributed by atoms with Gasteiger partial charge in [0, 0.05) is 44.2 Å². The maximum absolute atomic E-state index is 3.78. The smallest absolute Gasteiger partial charge is 0.0726 e. The van der Waals surface area contributed by atoms with E-state index in [1.165, 1.54) is 105 Å². The maximum atomic E-state index is 3.78. The van der Waals surface area contributed by atoms with E-state index in [0.29, 0.717) is 0 Å². The Hall–Kier alpha value is -8.20. The molecule has 1 spiro atoms. The van der Waals surface area contributed by atoms with E-state index in [2.05, 4.69) is 248 Å². The molecule has 2 heteroatoms. The molecule has 1 heterocycles. The molecule has 310 valence electrons. The lowest BCUT2D eigenvalue weighted by Crippen LogP contribution is -2.26. The first-order valence-corrected chi connectivity index (χ1v) is 23.2. The molecule has 11 aromatic rings. The molecule has 0 atom stereocenters. The Morgan fingerprint density at radius 2 is 0.818 bits per heavy atom. The van der Waals surface area contributed by atoms with Crippen molar-refractivity contribution in [3.63, 3.8) is 0 Å². The van der Waals surface area contributed by atoms with Crippen molar-refractivity contribution in [2.45, 2.75) is 24.7 Å². The van der Waals surface area contributed by atoms with Gasteiger partial charge in [-0.05, 0) is 138 Å². The van der Waals surface area contributed by atoms with Crippen LogP contribution in [0.3, 0.4) is 0 Å². The summed E-state index contributed by atoms with van der Waals surface area (Å²) in [7, 11) is 0. The predicted octanol–water partition coefficient (Wildman–Crippen LogP) is 16.8. The van der Waals surface area contributed by atoms with Crippen LogP contribution in [0.2, 0.25) is 0 Å². The highest BCUT2D eigenvalue weighted by atomic mass is 15.1. The molecule has 0 radical (unpaired) electrons. The van der Waals surface area contributed by atoms with Gasteiger partial charge < -0.3 is 9.88 Å². The summed E-state index contributed by atoms with van der Waals surface area (Å²) in [5.74, 6) is 0. The normalized spacial score (nSPS) is 14.2. The van der Waals surface area contributed by atoms with Crippen molar-refractivity contribution in [2.24, 2.45) is 0 Å². The highest BCUT2D eigenvalue weighted by Crippen LogP contribution is 2.64. The van der Waals surface area contributed by atoms with E-state index < -0.39 is 5.41 Å². The third-order valence-electron chi connectivity index (χ3n) is 15.2. The van der Waals surface area contributed by atoms with E-state index in [0.717, 1.165) is 22.6 Å². The van der Waals surface area contributed by atoms with Gasteiger partial charge in [0.05, 0.1) is 11.1 Å². The Balaban J connectivity index is 0.929. The number of anilines is 3. The highest BCUT2D eigenvalue weighted by Gasteiger charge is 2.52. The van der Waals surface area contributed by atoms with Gasteiger partial charge in [-0.3, -0.25) is 0 Å². The number of benzene rings is 10. The van der Waals surface area contributed by atoms with E-state index in [9.17, 15) is 0 Å². The largest absolute Gasteiger partial charge is 0.355 e. The average Bonchev–Trinajstić information content (AvgIpc) is 4.06. The topological polar surface area (TPSA) is 19.0 Å². The van der Waals surface area contributed by atoms with Crippen molar-refractivity contribution in [3.8, 4) is 55.6 Å². The molecule has 0 unspecified atom stereocenters. The van der Waals surface area contributed by atoms with Crippen molar-refractivity contribution in [2.75, 3.05) is 4.90 Å². The Morgan fingerprint density at radius 3 is 1.47 bits per heavy atom. The summed E-state index contributed by atoms with van der Waals surface area (Å²) < 4.78 is 0. The van der Waals surface area contributed by atoms with Crippen LogP contribution in [0.4, 0.5) is 17.1 Å². The van der Waals surface area contributed by atoms with Crippen molar-refractivity contribution in [1.29, 1.82) is 0 Å². The number of rotatable bonds is 5. The van der Waals surface area contributed by atoms with Gasteiger partial charge in [-0.25, -0.2) is 0 Å². The predicted molar refractivity (Wildman–Crippen MR) is 275 cm³/mol. The fraction of sp³-hybridized carbons (Fsp3) is 0.0625. The Labute approximate surface area is 385 Å². The van der Waals surface area contributed by atoms with Crippen LogP contribution in [0, 0.1) is 0 Å². The van der Waals surface area contributed by atoms with Gasteiger partial charge in [0.15, 0.2) is 0 Å². The third-order valence-corrected chi connectivity index (χ3v) is 15.2. The molecule has 3 aliphatic carbocycles. The molecule has 1 N–H and O–H groups in total. The lowest BCUT2D eigenvalue weighted by molar-refractivity contribution is 0.661. The number of nitrogens with zero attached hydrogens (tertiary/aromatic N) is 1. The number of nitrogens with one attached hydrogen (secondary N) is 1. The molecule has 66 heavy (non-hydrogen) atoms. The quantitative estimate of drug-likeness (QED) is 0.183. The van der Waals surface area contributed by atoms with E-state index in [1.54, 1.807) is 0 Å². The minimum absolute atomic E-state index is 0.0415. The summed E-state index contributed by atoms with van der Waals surface area (Å²) in [6.45, 7) is 4.70. The first kappa shape index (κ1) is 37.2. The van der Waals surface area contributed by atoms with Crippen LogP contribution in [0.25, 0.3) is 77.4 Å². The van der Waals surface area contributed by atoms with Crippen molar-refractivity contribution < 1.29 is 0 Å². The molecular weight excluding hydrogens is 797 g/mol. The molecule has 1 aromatic heterocycles. The molecule has 0 amide bonds. The number of aromatic nitrogens is 1. The first-order chi connectivity index (χ1) is 32.5. The first-order valence-electron chi connectivity index (χ1n) is 23.2. The Kier molecular flexibility index (Phi) is 7.70. The number of hydrogen-bond donors (Lipinski definition) is 1. The highest BCUT2D eigenvalue weighted by molar-refractivity contribution is 6.11. The van der Waals surface area contributed by atoms with Gasteiger partial charge >= 0.3 is 0 Å². The van der Waals surface area contributed by atoms with Gasteiger partial charge in [0.2, 0.25) is 0 Å². The Bertz CT molecular complexity index is 3730. The van der Waals surface area contributed by atoms with E-state index in [1.807, 2.05) is 0 Å². The van der Waals surface area contributed by atoms with E-state index in [-0.39, 0.29) is 5.41 Å². The fourth-order valence-electron chi connectivity index (χ4n) is 12.2. The zero-order chi connectivity index (χ0) is 43.7. The number of aromatic amines is 1. The molecule has 0 saturated carbocycles. The Morgan fingerprint density at radius 1 is 0.333 bits per heavy atom. The van der Waals surface area contributed by atoms with Crippen LogP contribution in [0.5, 0.6) is 0 Å². The molecule has 14 rings (SSSR count). The third kappa shape index (κ3) is 5.01. The van der Waals surface area contributed by atoms with Crippen LogP contribution in [-0.2, 0) is 10.8 Å². The summed E-state index contributed by atoms with van der Waals surface area (Å²) in [5, 5.41) is 2.52. The molecule has 10 aromatic carbocycles. The zero-order valence-corrected chi connectivity index (χ0v) is 36.8. The summed E-state index contributed by atoms with van der Waals surface area (Å²) in [6, 6.07) is 83.8. The van der Waals surface area contributed by atoms with Gasteiger partial charge in [0.25, 0.3) is 0 Å². The lowest BCUT2D eigenvalue weighted by atomic mass is 9.70. The van der Waals surface area contributed by atoms with Gasteiger partial charge in [-0.15, -0.1) is 0 Å². The van der Waals surface area contributed by atoms with Crippen LogP contribution < -0.4 is 4.90 Å². The molecular formula is C64H44N2. The van der Waals surface area contributed by atoms with Crippen molar-refractivity contribution in [3.05, 3.63) is 258 Å². The van der Waals surface area contributed by atoms with Crippen LogP contribution >= 0.6 is 0 Å². The average molecular weight is 841 g/mol. The van der Waals surface area contributed by atoms with Gasteiger partial charge in [-0.1, -0.05) is 184 Å². The lowest BCUT2D eigenvalue weighted by Gasteiger charge is -2.32. The second kappa shape index (κ2) is 13.7. The molecule has 0 fully saturated rings. The van der Waals surface area contributed by atoms with Crippen LogP contribution in [-0.4, -0.2) is 4.98 Å². The van der Waals surface area contributed by atoms with E-state index >= 15 is 0 Å². The zero-order valence-electron chi connectivity index (χ0n) is 36.8. The fourth-order valence-corrected chi connectivity index (χ4v) is 12.2. The van der Waals surface area contributed by atoms with E-state index in [4.69, 9.17) is 0 Å². The summed E-state index contributed by atoms with van der Waals surface area (Å²) >= 11 is 0. The summed E-state index contributed by atoms with van der Waals surface area (Å²) in [5.41, 5.74) is 26.1. The minimum atomic E-state index is -0.428. The van der Waals surface area contributed by atoms with Gasteiger partial charge in [0.1, 0.15) is 0 Å². The van der Waals surface area contributed by atoms with Crippen LogP contribution in [0.1, 0.15) is 47.2 Å². The van der Waals surface area contributed by atoms with Crippen LogP contribution in [0.15, 0.2) is 224 Å². The minimum Gasteiger partial charge on any atom is -0.355 e.